The Labute approximate surface area is 115 Å². The maximum atomic E-state index is 12.1. The monoisotopic (exact) mass is 301 g/mol. The maximum absolute atomic E-state index is 12.1. The molecule has 104 valence electrons. The van der Waals surface area contributed by atoms with Crippen molar-refractivity contribution in [1.82, 2.24) is 9.71 Å². The Bertz CT molecular complexity index is 660. The lowest BCUT2D eigenvalue weighted by Crippen LogP contribution is -2.26. The molecule has 1 atom stereocenters. The van der Waals surface area contributed by atoms with Crippen LogP contribution in [0.4, 0.5) is 0 Å². The minimum atomic E-state index is -3.69. The zero-order chi connectivity index (χ0) is 14.0. The lowest BCUT2D eigenvalue weighted by atomic mass is 10.4. The van der Waals surface area contributed by atoms with Crippen molar-refractivity contribution in [3.63, 3.8) is 0 Å². The second-order valence-corrected chi connectivity index (χ2v) is 6.99. The first kappa shape index (κ1) is 14.2. The summed E-state index contributed by atoms with van der Waals surface area (Å²) >= 11 is 1.45. The molecule has 0 spiro atoms. The predicted octanol–water partition coefficient (Wildman–Crippen LogP) is 1.54. The largest absolute Gasteiger partial charge is 0.447 e. The molecule has 0 aliphatic carbocycles. The highest BCUT2D eigenvalue weighted by molar-refractivity contribution is 7.89. The van der Waals surface area contributed by atoms with Crippen molar-refractivity contribution >= 4 is 21.4 Å². The molecular formula is C11H15N3O3S2. The number of hydrogen-bond donors (Lipinski definition) is 2. The van der Waals surface area contributed by atoms with Gasteiger partial charge in [0.2, 0.25) is 5.09 Å². The number of nitrogens with one attached hydrogen (secondary N) is 1. The minimum absolute atomic E-state index is 0.131. The van der Waals surface area contributed by atoms with E-state index in [0.717, 1.165) is 4.88 Å². The van der Waals surface area contributed by atoms with Gasteiger partial charge in [0.15, 0.2) is 0 Å². The SMILES string of the molecule is Cc1cnc(C(C)NS(=O)(=O)c2ccc(CN)o2)s1. The van der Waals surface area contributed by atoms with Gasteiger partial charge in [0.25, 0.3) is 10.0 Å². The van der Waals surface area contributed by atoms with Crippen LogP contribution in [-0.4, -0.2) is 13.4 Å². The Morgan fingerprint density at radius 1 is 1.53 bits per heavy atom. The van der Waals surface area contributed by atoms with Crippen LogP contribution in [-0.2, 0) is 16.6 Å². The van der Waals surface area contributed by atoms with Gasteiger partial charge in [-0.1, -0.05) is 0 Å². The number of hydrogen-bond acceptors (Lipinski definition) is 6. The van der Waals surface area contributed by atoms with Gasteiger partial charge in [0.05, 0.1) is 12.6 Å². The topological polar surface area (TPSA) is 98.2 Å². The third-order valence-electron chi connectivity index (χ3n) is 2.44. The fourth-order valence-corrected chi connectivity index (χ4v) is 3.53. The smallest absolute Gasteiger partial charge is 0.274 e. The van der Waals surface area contributed by atoms with Crippen molar-refractivity contribution in [3.05, 3.63) is 34.0 Å². The molecule has 8 heteroatoms. The third kappa shape index (κ3) is 3.21. The van der Waals surface area contributed by atoms with Crippen molar-refractivity contribution in [2.24, 2.45) is 5.73 Å². The molecule has 2 aromatic rings. The van der Waals surface area contributed by atoms with Crippen LogP contribution in [0.3, 0.4) is 0 Å². The van der Waals surface area contributed by atoms with E-state index >= 15 is 0 Å². The summed E-state index contributed by atoms with van der Waals surface area (Å²) in [6.45, 7) is 3.82. The van der Waals surface area contributed by atoms with Gasteiger partial charge in [0, 0.05) is 11.1 Å². The molecule has 0 bridgehead atoms. The highest BCUT2D eigenvalue weighted by Gasteiger charge is 2.23. The molecule has 0 radical (unpaired) electrons. The fraction of sp³-hybridized carbons (Fsp3) is 0.364. The molecule has 6 nitrogen and oxygen atoms in total. The fourth-order valence-electron chi connectivity index (χ4n) is 1.53. The lowest BCUT2D eigenvalue weighted by Gasteiger charge is -2.09. The van der Waals surface area contributed by atoms with Crippen LogP contribution in [0.15, 0.2) is 27.8 Å². The van der Waals surface area contributed by atoms with E-state index in [0.29, 0.717) is 10.8 Å². The van der Waals surface area contributed by atoms with Crippen LogP contribution in [0.5, 0.6) is 0 Å². The molecule has 0 aromatic carbocycles. The Hall–Kier alpha value is -1.22. The van der Waals surface area contributed by atoms with E-state index in [1.54, 1.807) is 19.2 Å². The molecule has 0 aliphatic heterocycles. The van der Waals surface area contributed by atoms with Crippen molar-refractivity contribution in [2.45, 2.75) is 31.5 Å². The van der Waals surface area contributed by atoms with Crippen LogP contribution in [0.2, 0.25) is 0 Å². The van der Waals surface area contributed by atoms with Gasteiger partial charge >= 0.3 is 0 Å². The van der Waals surface area contributed by atoms with Gasteiger partial charge in [0.1, 0.15) is 10.8 Å². The van der Waals surface area contributed by atoms with E-state index < -0.39 is 16.1 Å². The van der Waals surface area contributed by atoms with Crippen LogP contribution in [0.1, 0.15) is 28.6 Å². The Kier molecular flexibility index (Phi) is 4.04. The minimum Gasteiger partial charge on any atom is -0.447 e. The van der Waals surface area contributed by atoms with Gasteiger partial charge < -0.3 is 10.2 Å². The molecule has 0 aliphatic rings. The van der Waals surface area contributed by atoms with E-state index in [1.165, 1.54) is 17.4 Å². The van der Waals surface area contributed by atoms with Gasteiger partial charge in [-0.25, -0.2) is 13.4 Å². The quantitative estimate of drug-likeness (QED) is 0.873. The molecular weight excluding hydrogens is 286 g/mol. The number of thiazole rings is 1. The number of aryl methyl sites for hydroxylation is 1. The van der Waals surface area contributed by atoms with Crippen LogP contribution in [0.25, 0.3) is 0 Å². The third-order valence-corrected chi connectivity index (χ3v) is 4.95. The lowest BCUT2D eigenvalue weighted by molar-refractivity contribution is 0.411. The normalized spacial score (nSPS) is 13.6. The van der Waals surface area contributed by atoms with E-state index in [9.17, 15) is 8.42 Å². The van der Waals surface area contributed by atoms with Gasteiger partial charge in [-0.05, 0) is 26.0 Å². The molecule has 0 saturated carbocycles. The number of aromatic nitrogens is 1. The summed E-state index contributed by atoms with van der Waals surface area (Å²) in [6, 6.07) is 2.53. The number of nitrogens with zero attached hydrogens (tertiary/aromatic N) is 1. The number of furan rings is 1. The molecule has 2 rings (SSSR count). The predicted molar refractivity (Wildman–Crippen MR) is 72.2 cm³/mol. The van der Waals surface area contributed by atoms with Gasteiger partial charge in [-0.2, -0.15) is 4.72 Å². The highest BCUT2D eigenvalue weighted by Crippen LogP contribution is 2.22. The Balaban J connectivity index is 2.17. The summed E-state index contributed by atoms with van der Waals surface area (Å²) in [5.41, 5.74) is 5.38. The van der Waals surface area contributed by atoms with E-state index in [-0.39, 0.29) is 11.6 Å². The summed E-state index contributed by atoms with van der Waals surface area (Å²) in [7, 11) is -3.69. The molecule has 2 aromatic heterocycles. The number of sulfonamides is 1. The van der Waals surface area contributed by atoms with E-state index in [2.05, 4.69) is 9.71 Å². The highest BCUT2D eigenvalue weighted by atomic mass is 32.2. The van der Waals surface area contributed by atoms with Crippen molar-refractivity contribution in [1.29, 1.82) is 0 Å². The van der Waals surface area contributed by atoms with Crippen molar-refractivity contribution in [2.75, 3.05) is 0 Å². The van der Waals surface area contributed by atoms with Crippen molar-refractivity contribution in [3.8, 4) is 0 Å². The first-order valence-corrected chi connectivity index (χ1v) is 7.96. The molecule has 0 fully saturated rings. The molecule has 0 amide bonds. The van der Waals surface area contributed by atoms with Crippen LogP contribution < -0.4 is 10.5 Å². The molecule has 19 heavy (non-hydrogen) atoms. The zero-order valence-electron chi connectivity index (χ0n) is 10.6. The number of nitrogens with two attached hydrogens (primary N) is 1. The van der Waals surface area contributed by atoms with Crippen molar-refractivity contribution < 1.29 is 12.8 Å². The summed E-state index contributed by atoms with van der Waals surface area (Å²) in [5, 5.41) is 0.583. The molecule has 2 heterocycles. The standard InChI is InChI=1S/C11H15N3O3S2/c1-7-6-13-11(18-7)8(2)14-19(15,16)10-4-3-9(5-12)17-10/h3-4,6,8,14H,5,12H2,1-2H3. The molecule has 3 N–H and O–H groups in total. The van der Waals surface area contributed by atoms with Gasteiger partial charge in [-0.15, -0.1) is 11.3 Å². The Morgan fingerprint density at radius 2 is 2.26 bits per heavy atom. The maximum Gasteiger partial charge on any atom is 0.274 e. The molecule has 1 unspecified atom stereocenters. The van der Waals surface area contributed by atoms with E-state index in [4.69, 9.17) is 10.2 Å². The second-order valence-electron chi connectivity index (χ2n) is 4.08. The first-order chi connectivity index (χ1) is 8.92. The average molecular weight is 301 g/mol. The van der Waals surface area contributed by atoms with Crippen LogP contribution in [0, 0.1) is 6.92 Å². The Morgan fingerprint density at radius 3 is 2.79 bits per heavy atom. The number of rotatable bonds is 5. The first-order valence-electron chi connectivity index (χ1n) is 5.66. The second kappa shape index (κ2) is 5.41. The zero-order valence-corrected chi connectivity index (χ0v) is 12.2. The van der Waals surface area contributed by atoms with E-state index in [1.807, 2.05) is 6.92 Å². The summed E-state index contributed by atoms with van der Waals surface area (Å²) in [4.78, 5) is 5.19. The molecule has 0 saturated heterocycles. The summed E-state index contributed by atoms with van der Waals surface area (Å²) in [5.74, 6) is 0.429. The van der Waals surface area contributed by atoms with Crippen LogP contribution >= 0.6 is 11.3 Å². The average Bonchev–Trinajstić information content (AvgIpc) is 2.96. The summed E-state index contributed by atoms with van der Waals surface area (Å²) < 4.78 is 31.8. The van der Waals surface area contributed by atoms with Gasteiger partial charge in [-0.3, -0.25) is 0 Å². The summed E-state index contributed by atoms with van der Waals surface area (Å²) in [6.07, 6.45) is 1.71.